The topological polar surface area (TPSA) is 81.4 Å². The molecule has 0 radical (unpaired) electrons. The van der Waals surface area contributed by atoms with E-state index in [0.717, 1.165) is 12.1 Å². The SMILES string of the molecule is NC(=S)CS(=O)(=O)Nc1ccc(Br)cc1OC(F)(F)F. The first-order valence-corrected chi connectivity index (χ1v) is 7.68. The molecule has 3 N–H and O–H groups in total. The van der Waals surface area contributed by atoms with Gasteiger partial charge in [-0.3, -0.25) is 4.72 Å². The van der Waals surface area contributed by atoms with Crippen LogP contribution in [0.15, 0.2) is 22.7 Å². The van der Waals surface area contributed by atoms with Crippen LogP contribution in [0.4, 0.5) is 18.9 Å². The molecule has 1 rings (SSSR count). The minimum absolute atomic E-state index is 0.286. The molecule has 0 heterocycles. The van der Waals surface area contributed by atoms with E-state index in [1.165, 1.54) is 6.07 Å². The first kappa shape index (κ1) is 17.0. The molecule has 20 heavy (non-hydrogen) atoms. The standard InChI is InChI=1S/C9H8BrF3N2O3S2/c10-5-1-2-6(7(3-5)18-9(11,12)13)15-20(16,17)4-8(14)19/h1-3,15H,4H2,(H2,14,19). The van der Waals surface area contributed by atoms with Crippen LogP contribution in [0.5, 0.6) is 5.75 Å². The second-order valence-corrected chi connectivity index (χ2v) is 6.68. The molecular formula is C9H8BrF3N2O3S2. The number of benzene rings is 1. The lowest BCUT2D eigenvalue weighted by atomic mass is 10.3. The monoisotopic (exact) mass is 392 g/mol. The Morgan fingerprint density at radius 1 is 1.45 bits per heavy atom. The summed E-state index contributed by atoms with van der Waals surface area (Å²) in [4.78, 5) is -0.312. The molecule has 11 heteroatoms. The van der Waals surface area contributed by atoms with Gasteiger partial charge in [0.05, 0.1) is 10.7 Å². The van der Waals surface area contributed by atoms with E-state index >= 15 is 0 Å². The van der Waals surface area contributed by atoms with Crippen molar-refractivity contribution in [2.75, 3.05) is 10.5 Å². The Bertz CT molecular complexity index is 619. The fourth-order valence-corrected chi connectivity index (χ4v) is 2.94. The van der Waals surface area contributed by atoms with Crippen LogP contribution >= 0.6 is 28.1 Å². The zero-order chi connectivity index (χ0) is 15.6. The molecule has 0 aromatic heterocycles. The van der Waals surface area contributed by atoms with Crippen LogP contribution in [0.1, 0.15) is 0 Å². The van der Waals surface area contributed by atoms with E-state index in [1.54, 1.807) is 0 Å². The quantitative estimate of drug-likeness (QED) is 0.751. The molecule has 5 nitrogen and oxygen atoms in total. The Labute approximate surface area is 126 Å². The molecule has 0 aliphatic carbocycles. The lowest BCUT2D eigenvalue weighted by Crippen LogP contribution is -2.27. The van der Waals surface area contributed by atoms with Crippen molar-refractivity contribution in [3.8, 4) is 5.75 Å². The van der Waals surface area contributed by atoms with Gasteiger partial charge in [0.2, 0.25) is 10.0 Å². The predicted octanol–water partition coefficient (Wildman–Crippen LogP) is 2.38. The zero-order valence-electron chi connectivity index (χ0n) is 9.57. The third-order valence-corrected chi connectivity index (χ3v) is 3.81. The van der Waals surface area contributed by atoms with E-state index in [0.29, 0.717) is 0 Å². The van der Waals surface area contributed by atoms with Gasteiger partial charge >= 0.3 is 6.36 Å². The van der Waals surface area contributed by atoms with Crippen molar-refractivity contribution < 1.29 is 26.3 Å². The smallest absolute Gasteiger partial charge is 0.403 e. The molecule has 0 aliphatic rings. The van der Waals surface area contributed by atoms with Crippen LogP contribution in [0.2, 0.25) is 0 Å². The summed E-state index contributed by atoms with van der Waals surface area (Å²) in [6, 6.07) is 3.44. The summed E-state index contributed by atoms with van der Waals surface area (Å²) in [5.74, 6) is -1.39. The number of anilines is 1. The summed E-state index contributed by atoms with van der Waals surface area (Å²) in [6.07, 6.45) is -4.95. The predicted molar refractivity (Wildman–Crippen MR) is 75.0 cm³/mol. The van der Waals surface area contributed by atoms with Crippen molar-refractivity contribution in [2.45, 2.75) is 6.36 Å². The highest BCUT2D eigenvalue weighted by atomic mass is 79.9. The molecule has 112 valence electrons. The van der Waals surface area contributed by atoms with Crippen molar-refractivity contribution >= 4 is 48.8 Å². The first-order chi connectivity index (χ1) is 8.98. The molecule has 0 unspecified atom stereocenters. The highest BCUT2D eigenvalue weighted by molar-refractivity contribution is 9.10. The fraction of sp³-hybridized carbons (Fsp3) is 0.222. The lowest BCUT2D eigenvalue weighted by Gasteiger charge is -2.15. The largest absolute Gasteiger partial charge is 0.573 e. The number of ether oxygens (including phenoxy) is 1. The lowest BCUT2D eigenvalue weighted by molar-refractivity contribution is -0.274. The van der Waals surface area contributed by atoms with E-state index in [1.807, 2.05) is 4.72 Å². The van der Waals surface area contributed by atoms with Gasteiger partial charge < -0.3 is 10.5 Å². The van der Waals surface area contributed by atoms with E-state index < -0.39 is 27.9 Å². The average Bonchev–Trinajstić information content (AvgIpc) is 2.17. The third kappa shape index (κ3) is 5.92. The number of nitrogens with one attached hydrogen (secondary N) is 1. The summed E-state index contributed by atoms with van der Waals surface area (Å²) < 4.78 is 65.9. The van der Waals surface area contributed by atoms with Gasteiger partial charge in [0.25, 0.3) is 0 Å². The van der Waals surface area contributed by atoms with Crippen LogP contribution in [0.3, 0.4) is 0 Å². The number of hydrogen-bond acceptors (Lipinski definition) is 4. The maximum absolute atomic E-state index is 12.2. The Morgan fingerprint density at radius 2 is 2.05 bits per heavy atom. The van der Waals surface area contributed by atoms with Crippen molar-refractivity contribution in [3.05, 3.63) is 22.7 Å². The fourth-order valence-electron chi connectivity index (χ4n) is 1.18. The Hall–Kier alpha value is -1.07. The molecule has 0 fully saturated rings. The number of thiocarbonyl (C=S) groups is 1. The summed E-state index contributed by atoms with van der Waals surface area (Å²) in [5.41, 5.74) is 4.72. The van der Waals surface area contributed by atoms with Crippen molar-refractivity contribution in [1.29, 1.82) is 0 Å². The van der Waals surface area contributed by atoms with Gasteiger partial charge in [-0.1, -0.05) is 28.1 Å². The minimum atomic E-state index is -4.95. The number of sulfonamides is 1. The van der Waals surface area contributed by atoms with E-state index in [2.05, 4.69) is 32.9 Å². The molecular weight excluding hydrogens is 385 g/mol. The van der Waals surface area contributed by atoms with Crippen LogP contribution in [0.25, 0.3) is 0 Å². The highest BCUT2D eigenvalue weighted by Crippen LogP contribution is 2.33. The second kappa shape index (κ2) is 6.14. The van der Waals surface area contributed by atoms with Gasteiger partial charge in [0, 0.05) is 4.47 Å². The number of alkyl halides is 3. The average molecular weight is 393 g/mol. The normalized spacial score (nSPS) is 12.0. The van der Waals surface area contributed by atoms with Gasteiger partial charge in [-0.15, -0.1) is 13.2 Å². The molecule has 0 amide bonds. The molecule has 0 aliphatic heterocycles. The van der Waals surface area contributed by atoms with Crippen LogP contribution in [0, 0.1) is 0 Å². The number of nitrogens with two attached hydrogens (primary N) is 1. The second-order valence-electron chi connectivity index (χ2n) is 3.52. The Kier molecular flexibility index (Phi) is 5.21. The first-order valence-electron chi connectivity index (χ1n) is 4.82. The maximum atomic E-state index is 12.2. The molecule has 0 bridgehead atoms. The number of halogens is 4. The summed E-state index contributed by atoms with van der Waals surface area (Å²) in [5, 5.41) is 0. The maximum Gasteiger partial charge on any atom is 0.573 e. The van der Waals surface area contributed by atoms with Gasteiger partial charge in [-0.25, -0.2) is 8.42 Å². The molecule has 0 saturated heterocycles. The van der Waals surface area contributed by atoms with Gasteiger partial charge in [0.15, 0.2) is 5.75 Å². The number of rotatable bonds is 5. The van der Waals surface area contributed by atoms with Gasteiger partial charge in [0.1, 0.15) is 5.75 Å². The minimum Gasteiger partial charge on any atom is -0.403 e. The Balaban J connectivity index is 3.09. The molecule has 0 atom stereocenters. The van der Waals surface area contributed by atoms with Crippen molar-refractivity contribution in [2.24, 2.45) is 5.73 Å². The van der Waals surface area contributed by atoms with Gasteiger partial charge in [-0.05, 0) is 18.2 Å². The summed E-state index contributed by atoms with van der Waals surface area (Å²) >= 11 is 7.40. The van der Waals surface area contributed by atoms with Crippen LogP contribution in [-0.4, -0.2) is 25.5 Å². The van der Waals surface area contributed by atoms with Gasteiger partial charge in [-0.2, -0.15) is 0 Å². The van der Waals surface area contributed by atoms with Crippen LogP contribution in [-0.2, 0) is 10.0 Å². The zero-order valence-corrected chi connectivity index (χ0v) is 12.8. The van der Waals surface area contributed by atoms with Crippen LogP contribution < -0.4 is 15.2 Å². The summed E-state index contributed by atoms with van der Waals surface area (Å²) in [6.45, 7) is 0. The molecule has 0 saturated carbocycles. The number of hydrogen-bond donors (Lipinski definition) is 2. The Morgan fingerprint density at radius 3 is 2.55 bits per heavy atom. The van der Waals surface area contributed by atoms with Crippen molar-refractivity contribution in [1.82, 2.24) is 0 Å². The van der Waals surface area contributed by atoms with E-state index in [-0.39, 0.29) is 15.1 Å². The highest BCUT2D eigenvalue weighted by Gasteiger charge is 2.32. The third-order valence-electron chi connectivity index (χ3n) is 1.77. The molecule has 0 spiro atoms. The van der Waals surface area contributed by atoms with E-state index in [9.17, 15) is 21.6 Å². The molecule has 1 aromatic rings. The van der Waals surface area contributed by atoms with Crippen molar-refractivity contribution in [3.63, 3.8) is 0 Å². The van der Waals surface area contributed by atoms with E-state index in [4.69, 9.17) is 5.73 Å². The summed E-state index contributed by atoms with van der Waals surface area (Å²) in [7, 11) is -4.00. The molecule has 1 aromatic carbocycles.